The summed E-state index contributed by atoms with van der Waals surface area (Å²) < 4.78 is 11.5. The Kier molecular flexibility index (Phi) is 5.18. The van der Waals surface area contributed by atoms with Crippen LogP contribution in [-0.2, 0) is 16.1 Å². The fourth-order valence-electron chi connectivity index (χ4n) is 3.25. The molecule has 126 valence electrons. The van der Waals surface area contributed by atoms with Crippen molar-refractivity contribution in [1.82, 2.24) is 10.2 Å². The molecular weight excluding hydrogens is 292 g/mol. The molecule has 3 rings (SSSR count). The van der Waals surface area contributed by atoms with Gasteiger partial charge in [0.2, 0.25) is 5.91 Å². The van der Waals surface area contributed by atoms with Gasteiger partial charge < -0.3 is 19.7 Å². The lowest BCUT2D eigenvalue weighted by Gasteiger charge is -2.44. The normalized spacial score (nSPS) is 20.7. The van der Waals surface area contributed by atoms with Gasteiger partial charge in [-0.3, -0.25) is 4.79 Å². The van der Waals surface area contributed by atoms with Crippen molar-refractivity contribution in [3.8, 4) is 5.75 Å². The minimum absolute atomic E-state index is 0.0838. The monoisotopic (exact) mass is 318 g/mol. The van der Waals surface area contributed by atoms with Crippen LogP contribution in [0.25, 0.3) is 0 Å². The van der Waals surface area contributed by atoms with Crippen LogP contribution in [0.4, 0.5) is 0 Å². The van der Waals surface area contributed by atoms with E-state index in [-0.39, 0.29) is 18.1 Å². The number of carbonyl (C=O) groups excluding carboxylic acids is 1. The molecule has 5 nitrogen and oxygen atoms in total. The predicted octanol–water partition coefficient (Wildman–Crippen LogP) is 1.96. The van der Waals surface area contributed by atoms with Gasteiger partial charge in [0.25, 0.3) is 0 Å². The maximum Gasteiger partial charge on any atom is 0.248 e. The third-order valence-corrected chi connectivity index (χ3v) is 4.62. The van der Waals surface area contributed by atoms with E-state index in [4.69, 9.17) is 9.47 Å². The van der Waals surface area contributed by atoms with Gasteiger partial charge in [0.05, 0.1) is 18.8 Å². The van der Waals surface area contributed by atoms with Gasteiger partial charge in [0, 0.05) is 6.54 Å². The highest BCUT2D eigenvalue weighted by Crippen LogP contribution is 2.29. The van der Waals surface area contributed by atoms with Crippen molar-refractivity contribution in [3.05, 3.63) is 29.8 Å². The number of carbonyl (C=O) groups is 1. The van der Waals surface area contributed by atoms with Crippen molar-refractivity contribution in [1.29, 1.82) is 0 Å². The number of benzene rings is 1. The summed E-state index contributed by atoms with van der Waals surface area (Å²) in [5, 5.41) is 3.36. The Hall–Kier alpha value is -1.59. The smallest absolute Gasteiger partial charge is 0.248 e. The number of nitrogens with one attached hydrogen (secondary N) is 1. The van der Waals surface area contributed by atoms with E-state index in [2.05, 4.69) is 12.2 Å². The fourth-order valence-corrected chi connectivity index (χ4v) is 3.25. The molecule has 5 heteroatoms. The summed E-state index contributed by atoms with van der Waals surface area (Å²) in [6, 6.07) is 8.05. The Balaban J connectivity index is 1.62. The van der Waals surface area contributed by atoms with Crippen LogP contribution in [0.3, 0.4) is 0 Å². The lowest BCUT2D eigenvalue weighted by Crippen LogP contribution is -2.57. The Bertz CT molecular complexity index is 524. The molecule has 1 spiro atoms. The lowest BCUT2D eigenvalue weighted by molar-refractivity contribution is -0.168. The van der Waals surface area contributed by atoms with Crippen molar-refractivity contribution in [3.63, 3.8) is 0 Å². The fraction of sp³-hybridized carbons (Fsp3) is 0.611. The molecule has 2 aliphatic rings. The van der Waals surface area contributed by atoms with Crippen molar-refractivity contribution in [2.45, 2.75) is 38.3 Å². The molecule has 2 saturated heterocycles. The van der Waals surface area contributed by atoms with Crippen LogP contribution in [-0.4, -0.2) is 49.3 Å². The zero-order valence-electron chi connectivity index (χ0n) is 13.8. The average Bonchev–Trinajstić information content (AvgIpc) is 2.59. The van der Waals surface area contributed by atoms with Crippen molar-refractivity contribution in [2.24, 2.45) is 0 Å². The highest BCUT2D eigenvalue weighted by Gasteiger charge is 2.40. The van der Waals surface area contributed by atoms with Crippen LogP contribution < -0.4 is 10.1 Å². The number of piperidine rings is 1. The highest BCUT2D eigenvalue weighted by atomic mass is 16.5. The number of hydrogen-bond donors (Lipinski definition) is 1. The van der Waals surface area contributed by atoms with Gasteiger partial charge in [-0.05, 0) is 50.0 Å². The molecule has 1 amide bonds. The zero-order chi connectivity index (χ0) is 16.1. The molecule has 1 N–H and O–H groups in total. The molecule has 2 aliphatic heterocycles. The minimum atomic E-state index is -0.149. The van der Waals surface area contributed by atoms with Crippen LogP contribution in [0.5, 0.6) is 5.75 Å². The number of hydrogen-bond acceptors (Lipinski definition) is 4. The topological polar surface area (TPSA) is 50.8 Å². The molecule has 2 heterocycles. The summed E-state index contributed by atoms with van der Waals surface area (Å²) in [7, 11) is 0. The lowest BCUT2D eigenvalue weighted by atomic mass is 9.90. The first-order valence-corrected chi connectivity index (χ1v) is 8.55. The molecule has 0 atom stereocenters. The molecule has 0 bridgehead atoms. The first-order valence-electron chi connectivity index (χ1n) is 8.55. The first kappa shape index (κ1) is 16.3. The van der Waals surface area contributed by atoms with E-state index in [1.54, 1.807) is 0 Å². The van der Waals surface area contributed by atoms with Gasteiger partial charge in [0.1, 0.15) is 12.4 Å². The number of amides is 1. The van der Waals surface area contributed by atoms with Crippen molar-refractivity contribution in [2.75, 3.05) is 32.8 Å². The predicted molar refractivity (Wildman–Crippen MR) is 88.4 cm³/mol. The molecule has 2 fully saturated rings. The molecule has 0 saturated carbocycles. The SMILES string of the molecule is CCCOc1ccc(CN2CC3(CCNCC3)OCC2=O)cc1. The van der Waals surface area contributed by atoms with E-state index in [0.29, 0.717) is 13.1 Å². The summed E-state index contributed by atoms with van der Waals surface area (Å²) in [5.74, 6) is 0.971. The minimum Gasteiger partial charge on any atom is -0.494 e. The largest absolute Gasteiger partial charge is 0.494 e. The van der Waals surface area contributed by atoms with Crippen LogP contribution in [0.15, 0.2) is 24.3 Å². The summed E-state index contributed by atoms with van der Waals surface area (Å²) in [6.45, 7) is 6.30. The molecule has 0 aromatic heterocycles. The van der Waals surface area contributed by atoms with Gasteiger partial charge in [-0.15, -0.1) is 0 Å². The van der Waals surface area contributed by atoms with Crippen molar-refractivity contribution >= 4 is 5.91 Å². The summed E-state index contributed by atoms with van der Waals surface area (Å²) >= 11 is 0. The van der Waals surface area contributed by atoms with Crippen LogP contribution >= 0.6 is 0 Å². The van der Waals surface area contributed by atoms with Crippen LogP contribution in [0.2, 0.25) is 0 Å². The Morgan fingerprint density at radius 1 is 1.26 bits per heavy atom. The second-order valence-electron chi connectivity index (χ2n) is 6.46. The maximum atomic E-state index is 12.2. The summed E-state index contributed by atoms with van der Waals surface area (Å²) in [6.07, 6.45) is 2.95. The average molecular weight is 318 g/mol. The molecule has 0 aliphatic carbocycles. The summed E-state index contributed by atoms with van der Waals surface area (Å²) in [5.41, 5.74) is 0.983. The third kappa shape index (κ3) is 4.03. The molecule has 1 aromatic carbocycles. The van der Waals surface area contributed by atoms with E-state index >= 15 is 0 Å². The number of nitrogens with zero attached hydrogens (tertiary/aromatic N) is 1. The van der Waals surface area contributed by atoms with Crippen molar-refractivity contribution < 1.29 is 14.3 Å². The number of rotatable bonds is 5. The molecule has 0 unspecified atom stereocenters. The Morgan fingerprint density at radius 3 is 2.70 bits per heavy atom. The zero-order valence-corrected chi connectivity index (χ0v) is 13.8. The molecule has 23 heavy (non-hydrogen) atoms. The molecular formula is C18H26N2O3. The standard InChI is InChI=1S/C18H26N2O3/c1-2-11-22-16-5-3-15(4-6-16)12-20-14-18(23-13-17(20)21)7-9-19-10-8-18/h3-6,19H,2,7-14H2,1H3. The number of morpholine rings is 1. The Labute approximate surface area is 137 Å². The van der Waals surface area contributed by atoms with E-state index in [1.165, 1.54) is 0 Å². The van der Waals surface area contributed by atoms with Gasteiger partial charge in [-0.2, -0.15) is 0 Å². The van der Waals surface area contributed by atoms with E-state index in [9.17, 15) is 4.79 Å². The number of ether oxygens (including phenoxy) is 2. The van der Waals surface area contributed by atoms with Crippen LogP contribution in [0, 0.1) is 0 Å². The maximum absolute atomic E-state index is 12.2. The molecule has 1 aromatic rings. The van der Waals surface area contributed by atoms with E-state index < -0.39 is 0 Å². The van der Waals surface area contributed by atoms with Gasteiger partial charge in [-0.25, -0.2) is 0 Å². The van der Waals surface area contributed by atoms with Gasteiger partial charge >= 0.3 is 0 Å². The Morgan fingerprint density at radius 2 is 2.00 bits per heavy atom. The van der Waals surface area contributed by atoms with Gasteiger partial charge in [-0.1, -0.05) is 19.1 Å². The molecule has 0 radical (unpaired) electrons. The van der Waals surface area contributed by atoms with Crippen LogP contribution in [0.1, 0.15) is 31.7 Å². The van der Waals surface area contributed by atoms with Gasteiger partial charge in [0.15, 0.2) is 0 Å². The second-order valence-corrected chi connectivity index (χ2v) is 6.46. The third-order valence-electron chi connectivity index (χ3n) is 4.62. The highest BCUT2D eigenvalue weighted by molar-refractivity contribution is 5.78. The summed E-state index contributed by atoms with van der Waals surface area (Å²) in [4.78, 5) is 14.1. The van der Waals surface area contributed by atoms with E-state index in [0.717, 1.165) is 50.3 Å². The van der Waals surface area contributed by atoms with E-state index in [1.807, 2.05) is 29.2 Å². The second kappa shape index (κ2) is 7.32. The first-order chi connectivity index (χ1) is 11.2. The quantitative estimate of drug-likeness (QED) is 0.902.